The average molecular weight is 508 g/mol. The van der Waals surface area contributed by atoms with Crippen LogP contribution in [0.2, 0.25) is 0 Å². The number of hydrogen-bond donors (Lipinski definition) is 1. The second-order valence-corrected chi connectivity index (χ2v) is 9.99. The lowest BCUT2D eigenvalue weighted by molar-refractivity contribution is -0.141. The van der Waals surface area contributed by atoms with Crippen molar-refractivity contribution in [1.29, 1.82) is 0 Å². The van der Waals surface area contributed by atoms with Crippen LogP contribution in [-0.2, 0) is 26.2 Å². The predicted molar refractivity (Wildman–Crippen MR) is 134 cm³/mol. The molecule has 35 heavy (non-hydrogen) atoms. The Morgan fingerprint density at radius 1 is 1.11 bits per heavy atom. The fraction of sp³-hybridized carbons (Fsp3) is 0.440. The number of carbonyl (C=O) groups excluding carboxylic acids is 2. The van der Waals surface area contributed by atoms with Crippen molar-refractivity contribution in [1.82, 2.24) is 10.2 Å². The van der Waals surface area contributed by atoms with Gasteiger partial charge in [0.05, 0.1) is 19.1 Å². The van der Waals surface area contributed by atoms with Crippen LogP contribution in [-0.4, -0.2) is 57.6 Å². The van der Waals surface area contributed by atoms with Crippen LogP contribution in [0.15, 0.2) is 48.5 Å². The van der Waals surface area contributed by atoms with Gasteiger partial charge in [-0.15, -0.1) is 0 Å². The Labute approximate surface area is 207 Å². The first kappa shape index (κ1) is 28.1. The minimum absolute atomic E-state index is 0.0135. The Morgan fingerprint density at radius 2 is 1.83 bits per heavy atom. The molecule has 1 unspecified atom stereocenters. The van der Waals surface area contributed by atoms with E-state index in [4.69, 9.17) is 4.74 Å². The summed E-state index contributed by atoms with van der Waals surface area (Å²) in [5.41, 5.74) is 0.731. The van der Waals surface area contributed by atoms with Crippen molar-refractivity contribution in [3.63, 3.8) is 0 Å². The van der Waals surface area contributed by atoms with Gasteiger partial charge in [0.15, 0.2) is 0 Å². The molecule has 0 saturated heterocycles. The van der Waals surface area contributed by atoms with Gasteiger partial charge >= 0.3 is 0 Å². The summed E-state index contributed by atoms with van der Waals surface area (Å²) in [6.07, 6.45) is 1.55. The number of nitrogens with one attached hydrogen (secondary N) is 1. The molecule has 0 saturated carbocycles. The molecule has 8 nitrogen and oxygen atoms in total. The average Bonchev–Trinajstić information content (AvgIpc) is 2.82. The molecule has 0 heterocycles. The highest BCUT2D eigenvalue weighted by Gasteiger charge is 2.29. The summed E-state index contributed by atoms with van der Waals surface area (Å²) < 4.78 is 45.1. The van der Waals surface area contributed by atoms with Gasteiger partial charge in [-0.3, -0.25) is 13.9 Å². The van der Waals surface area contributed by atoms with Gasteiger partial charge in [-0.05, 0) is 49.6 Å². The molecular formula is C25H34FN3O5S. The number of halogens is 1. The van der Waals surface area contributed by atoms with Gasteiger partial charge in [0.2, 0.25) is 21.8 Å². The molecule has 2 aromatic carbocycles. The normalized spacial score (nSPS) is 12.0. The number of rotatable bonds is 13. The van der Waals surface area contributed by atoms with E-state index in [1.54, 1.807) is 32.2 Å². The van der Waals surface area contributed by atoms with Crippen LogP contribution < -0.4 is 14.4 Å². The van der Waals surface area contributed by atoms with E-state index >= 15 is 0 Å². The van der Waals surface area contributed by atoms with Gasteiger partial charge in [-0.1, -0.05) is 31.2 Å². The molecule has 0 aliphatic carbocycles. The van der Waals surface area contributed by atoms with E-state index in [1.807, 2.05) is 19.1 Å². The smallest absolute Gasteiger partial charge is 0.242 e. The van der Waals surface area contributed by atoms with Crippen molar-refractivity contribution in [2.45, 2.75) is 45.7 Å². The second-order valence-electron chi connectivity index (χ2n) is 8.08. The molecule has 10 heteroatoms. The van der Waals surface area contributed by atoms with E-state index in [0.29, 0.717) is 18.7 Å². The lowest BCUT2D eigenvalue weighted by Crippen LogP contribution is -2.49. The predicted octanol–water partition coefficient (Wildman–Crippen LogP) is 3.32. The zero-order valence-electron chi connectivity index (χ0n) is 20.7. The van der Waals surface area contributed by atoms with Crippen LogP contribution in [0.1, 0.15) is 38.7 Å². The van der Waals surface area contributed by atoms with Gasteiger partial charge < -0.3 is 15.0 Å². The number of nitrogens with zero attached hydrogens (tertiary/aromatic N) is 2. The molecule has 192 valence electrons. The van der Waals surface area contributed by atoms with Crippen molar-refractivity contribution in [3.8, 4) is 5.75 Å². The Hall–Kier alpha value is -3.14. The van der Waals surface area contributed by atoms with Crippen molar-refractivity contribution in [2.75, 3.05) is 30.8 Å². The van der Waals surface area contributed by atoms with Gasteiger partial charge in [0, 0.05) is 26.1 Å². The number of carbonyl (C=O) groups is 2. The highest BCUT2D eigenvalue weighted by molar-refractivity contribution is 7.92. The summed E-state index contributed by atoms with van der Waals surface area (Å²) in [7, 11) is -2.22. The van der Waals surface area contributed by atoms with Crippen molar-refractivity contribution in [3.05, 3.63) is 59.9 Å². The SMILES string of the molecule is CCNC(=O)C(CC)N(Cc1cccc(OC)c1)C(=O)CCCN(c1ccccc1F)S(C)(=O)=O. The molecule has 2 amide bonds. The zero-order chi connectivity index (χ0) is 26.0. The molecule has 2 rings (SSSR count). The van der Waals surface area contributed by atoms with Crippen LogP contribution in [0.4, 0.5) is 10.1 Å². The van der Waals surface area contributed by atoms with Gasteiger partial charge in [-0.2, -0.15) is 0 Å². The number of methoxy groups -OCH3 is 1. The number of anilines is 1. The Balaban J connectivity index is 2.23. The maximum atomic E-state index is 14.3. The van der Waals surface area contributed by atoms with Crippen LogP contribution >= 0.6 is 0 Å². The van der Waals surface area contributed by atoms with Gasteiger partial charge in [0.25, 0.3) is 0 Å². The largest absolute Gasteiger partial charge is 0.497 e. The second kappa shape index (κ2) is 13.1. The monoisotopic (exact) mass is 507 g/mol. The van der Waals surface area contributed by atoms with Crippen molar-refractivity contribution in [2.24, 2.45) is 0 Å². The first-order valence-electron chi connectivity index (χ1n) is 11.5. The minimum Gasteiger partial charge on any atom is -0.497 e. The molecule has 0 spiro atoms. The Kier molecular flexibility index (Phi) is 10.5. The quantitative estimate of drug-likeness (QED) is 0.449. The van der Waals surface area contributed by atoms with Gasteiger partial charge in [0.1, 0.15) is 17.6 Å². The third kappa shape index (κ3) is 7.95. The highest BCUT2D eigenvalue weighted by atomic mass is 32.2. The summed E-state index contributed by atoms with van der Waals surface area (Å²) >= 11 is 0. The summed E-state index contributed by atoms with van der Waals surface area (Å²) in [6, 6.07) is 12.2. The number of sulfonamides is 1. The van der Waals surface area contributed by atoms with E-state index < -0.39 is 21.9 Å². The molecule has 2 aromatic rings. The summed E-state index contributed by atoms with van der Waals surface area (Å²) in [5.74, 6) is -0.580. The van der Waals surface area contributed by atoms with Crippen molar-refractivity contribution >= 4 is 27.5 Å². The Morgan fingerprint density at radius 3 is 2.43 bits per heavy atom. The van der Waals surface area contributed by atoms with Gasteiger partial charge in [-0.25, -0.2) is 12.8 Å². The summed E-state index contributed by atoms with van der Waals surface area (Å²) in [5, 5.41) is 2.78. The highest BCUT2D eigenvalue weighted by Crippen LogP contribution is 2.23. The molecule has 0 aliphatic rings. The number of hydrogen-bond acceptors (Lipinski definition) is 5. The molecular weight excluding hydrogens is 473 g/mol. The first-order chi connectivity index (χ1) is 16.6. The number of para-hydroxylation sites is 1. The topological polar surface area (TPSA) is 96.0 Å². The number of amides is 2. The Bertz CT molecular complexity index is 1110. The van der Waals surface area contributed by atoms with Crippen LogP contribution in [0, 0.1) is 5.82 Å². The van der Waals surface area contributed by atoms with Crippen LogP contribution in [0.25, 0.3) is 0 Å². The number of benzene rings is 2. The third-order valence-electron chi connectivity index (χ3n) is 5.50. The number of likely N-dealkylation sites (N-methyl/N-ethyl adjacent to an activating group) is 1. The van der Waals surface area contributed by atoms with Crippen LogP contribution in [0.5, 0.6) is 5.75 Å². The first-order valence-corrected chi connectivity index (χ1v) is 13.4. The minimum atomic E-state index is -3.77. The standard InChI is InChI=1S/C25H34FN3O5S/c1-5-22(25(31)27-6-2)28(18-19-11-9-12-20(17-19)34-3)24(30)15-10-16-29(35(4,32)33)23-14-8-7-13-21(23)26/h7-9,11-14,17,22H,5-6,10,15-16,18H2,1-4H3,(H,27,31). The molecule has 0 radical (unpaired) electrons. The van der Waals surface area contributed by atoms with E-state index in [2.05, 4.69) is 5.32 Å². The maximum Gasteiger partial charge on any atom is 0.242 e. The van der Waals surface area contributed by atoms with E-state index in [-0.39, 0.29) is 43.4 Å². The molecule has 0 aliphatic heterocycles. The lowest BCUT2D eigenvalue weighted by Gasteiger charge is -2.31. The molecule has 0 fully saturated rings. The zero-order valence-corrected chi connectivity index (χ0v) is 21.5. The van der Waals surface area contributed by atoms with Crippen LogP contribution in [0.3, 0.4) is 0 Å². The summed E-state index contributed by atoms with van der Waals surface area (Å²) in [4.78, 5) is 27.5. The molecule has 1 N–H and O–H groups in total. The van der Waals surface area contributed by atoms with E-state index in [9.17, 15) is 22.4 Å². The summed E-state index contributed by atoms with van der Waals surface area (Å²) in [6.45, 7) is 4.18. The fourth-order valence-corrected chi connectivity index (χ4v) is 4.78. The van der Waals surface area contributed by atoms with Crippen molar-refractivity contribution < 1.29 is 27.1 Å². The number of ether oxygens (including phenoxy) is 1. The van der Waals surface area contributed by atoms with E-state index in [1.165, 1.54) is 23.1 Å². The molecule has 0 bridgehead atoms. The molecule has 0 aromatic heterocycles. The lowest BCUT2D eigenvalue weighted by atomic mass is 10.1. The molecule has 1 atom stereocenters. The maximum absolute atomic E-state index is 14.3. The van der Waals surface area contributed by atoms with E-state index in [0.717, 1.165) is 16.1 Å². The fourth-order valence-electron chi connectivity index (χ4n) is 3.82. The third-order valence-corrected chi connectivity index (χ3v) is 6.68.